The van der Waals surface area contributed by atoms with Crippen molar-refractivity contribution in [1.29, 1.82) is 0 Å². The standard InChI is InChI=1S/C18H16ClN5O/c19-10-5-6-14-12(7-10)15(18(25)22-14)16-13-8-20-9-21-17(13)23-24(16)11-3-1-2-4-11/h5-9,11,15H,1-4H2,(H,22,25). The highest BCUT2D eigenvalue weighted by atomic mass is 35.5. The molecule has 1 aromatic carbocycles. The van der Waals surface area contributed by atoms with Gasteiger partial charge in [0.2, 0.25) is 5.91 Å². The first-order chi connectivity index (χ1) is 12.2. The molecule has 5 rings (SSSR count). The Morgan fingerprint density at radius 1 is 1.24 bits per heavy atom. The number of rotatable bonds is 2. The average Bonchev–Trinajstić information content (AvgIpc) is 3.31. The average molecular weight is 354 g/mol. The van der Waals surface area contributed by atoms with E-state index in [0.717, 1.165) is 35.2 Å². The molecule has 3 aromatic rings. The third-order valence-corrected chi connectivity index (χ3v) is 5.44. The van der Waals surface area contributed by atoms with Crippen LogP contribution < -0.4 is 5.32 Å². The van der Waals surface area contributed by atoms with Gasteiger partial charge in [0.05, 0.1) is 17.1 Å². The van der Waals surface area contributed by atoms with Crippen LogP contribution in [0.1, 0.15) is 48.9 Å². The van der Waals surface area contributed by atoms with Crippen molar-refractivity contribution in [2.75, 3.05) is 5.32 Å². The second-order valence-corrected chi connectivity index (χ2v) is 7.12. The van der Waals surface area contributed by atoms with Crippen LogP contribution in [-0.4, -0.2) is 25.7 Å². The van der Waals surface area contributed by atoms with E-state index in [9.17, 15) is 4.79 Å². The summed E-state index contributed by atoms with van der Waals surface area (Å²) in [4.78, 5) is 21.3. The number of benzene rings is 1. The number of fused-ring (bicyclic) bond motifs is 2. The lowest BCUT2D eigenvalue weighted by atomic mass is 9.95. The largest absolute Gasteiger partial charge is 0.325 e. The Kier molecular flexibility index (Phi) is 3.28. The Balaban J connectivity index is 1.76. The number of nitrogens with zero attached hydrogens (tertiary/aromatic N) is 4. The summed E-state index contributed by atoms with van der Waals surface area (Å²) < 4.78 is 2.02. The summed E-state index contributed by atoms with van der Waals surface area (Å²) in [5.74, 6) is -0.493. The highest BCUT2D eigenvalue weighted by molar-refractivity contribution is 6.31. The number of hydrogen-bond donors (Lipinski definition) is 1. The van der Waals surface area contributed by atoms with E-state index in [1.807, 2.05) is 16.8 Å². The zero-order chi connectivity index (χ0) is 17.0. The zero-order valence-corrected chi connectivity index (χ0v) is 14.2. The van der Waals surface area contributed by atoms with Crippen molar-refractivity contribution >= 4 is 34.2 Å². The van der Waals surface area contributed by atoms with Crippen LogP contribution in [0.2, 0.25) is 5.02 Å². The molecule has 25 heavy (non-hydrogen) atoms. The third-order valence-electron chi connectivity index (χ3n) is 5.21. The van der Waals surface area contributed by atoms with Crippen molar-refractivity contribution in [2.24, 2.45) is 0 Å². The van der Waals surface area contributed by atoms with Crippen LogP contribution in [0.3, 0.4) is 0 Å². The smallest absolute Gasteiger partial charge is 0.238 e. The molecule has 1 N–H and O–H groups in total. The fourth-order valence-electron chi connectivity index (χ4n) is 4.08. The van der Waals surface area contributed by atoms with Gasteiger partial charge in [-0.25, -0.2) is 9.97 Å². The van der Waals surface area contributed by atoms with Crippen LogP contribution in [0.25, 0.3) is 11.0 Å². The van der Waals surface area contributed by atoms with Gasteiger partial charge in [0, 0.05) is 16.9 Å². The minimum Gasteiger partial charge on any atom is -0.325 e. The summed E-state index contributed by atoms with van der Waals surface area (Å²) in [7, 11) is 0. The summed E-state index contributed by atoms with van der Waals surface area (Å²) in [6.45, 7) is 0. The number of carbonyl (C=O) groups excluding carboxylic acids is 1. The molecule has 126 valence electrons. The molecule has 0 saturated heterocycles. The van der Waals surface area contributed by atoms with E-state index in [2.05, 4.69) is 15.3 Å². The quantitative estimate of drug-likeness (QED) is 0.762. The fraction of sp³-hybridized carbons (Fsp3) is 0.333. The van der Waals surface area contributed by atoms with E-state index >= 15 is 0 Å². The van der Waals surface area contributed by atoms with E-state index < -0.39 is 5.92 Å². The first kappa shape index (κ1) is 14.8. The van der Waals surface area contributed by atoms with Crippen molar-refractivity contribution in [2.45, 2.75) is 37.6 Å². The maximum Gasteiger partial charge on any atom is 0.238 e. The van der Waals surface area contributed by atoms with Crippen LogP contribution in [-0.2, 0) is 4.79 Å². The van der Waals surface area contributed by atoms with E-state index in [4.69, 9.17) is 16.7 Å². The van der Waals surface area contributed by atoms with Crippen LogP contribution in [0.15, 0.2) is 30.7 Å². The number of carbonyl (C=O) groups is 1. The molecule has 3 heterocycles. The molecule has 7 heteroatoms. The molecule has 1 fully saturated rings. The van der Waals surface area contributed by atoms with Crippen molar-refractivity contribution in [3.63, 3.8) is 0 Å². The van der Waals surface area contributed by atoms with Gasteiger partial charge in [0.1, 0.15) is 12.2 Å². The van der Waals surface area contributed by atoms with Crippen LogP contribution in [0.5, 0.6) is 0 Å². The van der Waals surface area contributed by atoms with E-state index in [0.29, 0.717) is 16.7 Å². The highest BCUT2D eigenvalue weighted by Gasteiger charge is 2.38. The summed E-state index contributed by atoms with van der Waals surface area (Å²) in [6.07, 6.45) is 7.77. The number of anilines is 1. The van der Waals surface area contributed by atoms with Crippen LogP contribution in [0.4, 0.5) is 5.69 Å². The number of aromatic nitrogens is 4. The maximum absolute atomic E-state index is 12.8. The van der Waals surface area contributed by atoms with Gasteiger partial charge in [0.25, 0.3) is 0 Å². The lowest BCUT2D eigenvalue weighted by Crippen LogP contribution is -2.20. The predicted octanol–water partition coefficient (Wildman–Crippen LogP) is 3.68. The zero-order valence-electron chi connectivity index (χ0n) is 13.4. The monoisotopic (exact) mass is 353 g/mol. The van der Waals surface area contributed by atoms with Gasteiger partial charge in [0.15, 0.2) is 5.65 Å². The summed E-state index contributed by atoms with van der Waals surface area (Å²) in [5, 5.41) is 9.14. The first-order valence-corrected chi connectivity index (χ1v) is 8.88. The van der Waals surface area contributed by atoms with Crippen molar-refractivity contribution in [1.82, 2.24) is 19.7 Å². The maximum atomic E-state index is 12.8. The molecule has 0 bridgehead atoms. The van der Waals surface area contributed by atoms with E-state index in [1.54, 1.807) is 12.3 Å². The minimum absolute atomic E-state index is 0.0535. The topological polar surface area (TPSA) is 72.7 Å². The van der Waals surface area contributed by atoms with Crippen molar-refractivity contribution < 1.29 is 4.79 Å². The SMILES string of the molecule is O=C1Nc2ccc(Cl)cc2C1c1c2cncnc2nn1C1CCCC1. The van der Waals surface area contributed by atoms with Gasteiger partial charge in [-0.15, -0.1) is 0 Å². The Hall–Kier alpha value is -2.47. The Labute approximate surface area is 149 Å². The summed E-state index contributed by atoms with van der Waals surface area (Å²) in [5.41, 5.74) is 3.21. The van der Waals surface area contributed by atoms with Gasteiger partial charge in [-0.05, 0) is 36.6 Å². The third kappa shape index (κ3) is 2.24. The molecular weight excluding hydrogens is 338 g/mol. The molecule has 1 atom stereocenters. The lowest BCUT2D eigenvalue weighted by molar-refractivity contribution is -0.116. The summed E-state index contributed by atoms with van der Waals surface area (Å²) in [6, 6.07) is 5.81. The lowest BCUT2D eigenvalue weighted by Gasteiger charge is -2.18. The highest BCUT2D eigenvalue weighted by Crippen LogP contribution is 2.43. The molecule has 2 aliphatic rings. The van der Waals surface area contributed by atoms with Crippen LogP contribution >= 0.6 is 11.6 Å². The Morgan fingerprint density at radius 2 is 2.08 bits per heavy atom. The van der Waals surface area contributed by atoms with Crippen molar-refractivity contribution in [3.8, 4) is 0 Å². The predicted molar refractivity (Wildman–Crippen MR) is 94.8 cm³/mol. The number of hydrogen-bond acceptors (Lipinski definition) is 4. The Bertz CT molecular complexity index is 992. The molecule has 2 aromatic heterocycles. The molecule has 1 unspecified atom stereocenters. The van der Waals surface area contributed by atoms with Gasteiger partial charge in [-0.3, -0.25) is 9.48 Å². The molecule has 1 saturated carbocycles. The van der Waals surface area contributed by atoms with E-state index in [1.165, 1.54) is 19.2 Å². The molecule has 6 nitrogen and oxygen atoms in total. The second kappa shape index (κ2) is 5.52. The van der Waals surface area contributed by atoms with Crippen molar-refractivity contribution in [3.05, 3.63) is 47.0 Å². The van der Waals surface area contributed by atoms with Gasteiger partial charge < -0.3 is 5.32 Å². The van der Waals surface area contributed by atoms with Gasteiger partial charge in [-0.2, -0.15) is 5.10 Å². The molecular formula is C18H16ClN5O. The minimum atomic E-state index is -0.440. The molecule has 1 aliphatic carbocycles. The first-order valence-electron chi connectivity index (χ1n) is 8.51. The van der Waals surface area contributed by atoms with Crippen LogP contribution in [0, 0.1) is 0 Å². The summed E-state index contributed by atoms with van der Waals surface area (Å²) >= 11 is 6.20. The molecule has 0 radical (unpaired) electrons. The number of nitrogens with one attached hydrogen (secondary N) is 1. The Morgan fingerprint density at radius 3 is 2.92 bits per heavy atom. The number of amides is 1. The van der Waals surface area contributed by atoms with Gasteiger partial charge in [-0.1, -0.05) is 24.4 Å². The molecule has 1 amide bonds. The normalized spacial score (nSPS) is 20.2. The van der Waals surface area contributed by atoms with Gasteiger partial charge >= 0.3 is 0 Å². The number of halogens is 1. The van der Waals surface area contributed by atoms with E-state index in [-0.39, 0.29) is 5.91 Å². The second-order valence-electron chi connectivity index (χ2n) is 6.68. The fourth-order valence-corrected chi connectivity index (χ4v) is 4.26. The molecule has 1 aliphatic heterocycles. The molecule has 0 spiro atoms.